The molecule has 1 fully saturated rings. The number of para-hydroxylation sites is 1. The van der Waals surface area contributed by atoms with Gasteiger partial charge in [0.2, 0.25) is 5.89 Å². The molecule has 1 aromatic carbocycles. The first-order valence-corrected chi connectivity index (χ1v) is 8.60. The normalized spacial score (nSPS) is 22.6. The number of benzene rings is 1. The lowest BCUT2D eigenvalue weighted by molar-refractivity contribution is 0.125. The molecule has 1 saturated carbocycles. The van der Waals surface area contributed by atoms with Crippen molar-refractivity contribution in [3.05, 3.63) is 41.5 Å². The molecule has 1 aromatic heterocycles. The number of ether oxygens (including phenoxy) is 2. The van der Waals surface area contributed by atoms with Gasteiger partial charge < -0.3 is 14.0 Å². The van der Waals surface area contributed by atoms with Gasteiger partial charge in [-0.05, 0) is 18.9 Å². The fraction of sp³-hybridized carbons (Fsp3) is 0.556. The molecule has 0 radical (unpaired) electrons. The van der Waals surface area contributed by atoms with Crippen molar-refractivity contribution in [2.24, 2.45) is 0 Å². The minimum atomic E-state index is -0.133. The Balaban J connectivity index is 1.67. The molecular weight excluding hydrogens is 306 g/mol. The second-order valence-electron chi connectivity index (χ2n) is 6.65. The first kappa shape index (κ1) is 15.6. The van der Waals surface area contributed by atoms with Crippen molar-refractivity contribution in [3.8, 4) is 5.75 Å². The molecule has 2 aromatic rings. The van der Waals surface area contributed by atoms with Gasteiger partial charge in [-0.2, -0.15) is 4.98 Å². The van der Waals surface area contributed by atoms with Crippen LogP contribution >= 0.6 is 0 Å². The van der Waals surface area contributed by atoms with Gasteiger partial charge in [-0.1, -0.05) is 36.2 Å². The Bertz CT molecular complexity index is 694. The molecule has 6 nitrogen and oxygen atoms in total. The fourth-order valence-electron chi connectivity index (χ4n) is 3.87. The Morgan fingerprint density at radius 3 is 2.96 bits per heavy atom. The lowest BCUT2D eigenvalue weighted by Gasteiger charge is -2.23. The van der Waals surface area contributed by atoms with Gasteiger partial charge in [-0.3, -0.25) is 5.32 Å². The molecule has 0 bridgehead atoms. The zero-order valence-electron chi connectivity index (χ0n) is 14.0. The summed E-state index contributed by atoms with van der Waals surface area (Å²) in [6.45, 7) is 2.01. The molecule has 0 amide bonds. The Labute approximate surface area is 141 Å². The van der Waals surface area contributed by atoms with Crippen LogP contribution in [0.25, 0.3) is 0 Å². The number of fused-ring (bicyclic) bond motifs is 1. The summed E-state index contributed by atoms with van der Waals surface area (Å²) in [6, 6.07) is 7.87. The summed E-state index contributed by atoms with van der Waals surface area (Å²) in [5.41, 5.74) is 0.939. The Kier molecular flexibility index (Phi) is 4.24. The van der Waals surface area contributed by atoms with Gasteiger partial charge in [0.25, 0.3) is 0 Å². The Morgan fingerprint density at radius 2 is 2.12 bits per heavy atom. The number of hydrogen-bond acceptors (Lipinski definition) is 6. The van der Waals surface area contributed by atoms with Gasteiger partial charge in [0.05, 0.1) is 12.0 Å². The van der Waals surface area contributed by atoms with E-state index in [4.69, 9.17) is 19.0 Å². The van der Waals surface area contributed by atoms with Crippen LogP contribution in [0.5, 0.6) is 5.75 Å². The predicted octanol–water partition coefficient (Wildman–Crippen LogP) is 2.60. The smallest absolute Gasteiger partial charge is 0.248 e. The highest BCUT2D eigenvalue weighted by molar-refractivity contribution is 5.39. The summed E-state index contributed by atoms with van der Waals surface area (Å²) in [4.78, 5) is 4.77. The molecule has 1 N–H and O–H groups in total. The van der Waals surface area contributed by atoms with E-state index >= 15 is 0 Å². The summed E-state index contributed by atoms with van der Waals surface area (Å²) < 4.78 is 16.9. The van der Waals surface area contributed by atoms with E-state index < -0.39 is 0 Å². The number of rotatable bonds is 4. The first-order valence-electron chi connectivity index (χ1n) is 8.60. The first-order chi connectivity index (χ1) is 11.8. The van der Waals surface area contributed by atoms with Crippen LogP contribution in [0.2, 0.25) is 0 Å². The molecule has 1 unspecified atom stereocenters. The molecule has 4 rings (SSSR count). The van der Waals surface area contributed by atoms with Gasteiger partial charge in [-0.25, -0.2) is 0 Å². The maximum Gasteiger partial charge on any atom is 0.248 e. The van der Waals surface area contributed by atoms with E-state index in [1.807, 2.05) is 24.3 Å². The highest BCUT2D eigenvalue weighted by Crippen LogP contribution is 2.40. The van der Waals surface area contributed by atoms with Crippen molar-refractivity contribution in [2.45, 2.75) is 37.1 Å². The molecule has 1 aliphatic carbocycles. The van der Waals surface area contributed by atoms with E-state index in [-0.39, 0.29) is 11.5 Å². The van der Waals surface area contributed by atoms with Gasteiger partial charge in [-0.15, -0.1) is 0 Å². The topological polar surface area (TPSA) is 69.4 Å². The number of methoxy groups -OCH3 is 1. The van der Waals surface area contributed by atoms with Crippen LogP contribution in [-0.2, 0) is 10.2 Å². The third kappa shape index (κ3) is 2.70. The van der Waals surface area contributed by atoms with Crippen LogP contribution in [0, 0.1) is 0 Å². The zero-order valence-corrected chi connectivity index (χ0v) is 14.0. The summed E-state index contributed by atoms with van der Waals surface area (Å²) in [5, 5.41) is 7.77. The van der Waals surface area contributed by atoms with Crippen molar-refractivity contribution in [2.75, 3.05) is 26.9 Å². The van der Waals surface area contributed by atoms with Crippen LogP contribution in [0.15, 0.2) is 28.8 Å². The Hall–Kier alpha value is -1.92. The van der Waals surface area contributed by atoms with Crippen LogP contribution < -0.4 is 10.1 Å². The quantitative estimate of drug-likeness (QED) is 0.930. The molecule has 128 valence electrons. The minimum Gasteiger partial charge on any atom is -0.492 e. The minimum absolute atomic E-state index is 0.1000. The van der Waals surface area contributed by atoms with Crippen LogP contribution in [0.3, 0.4) is 0 Å². The summed E-state index contributed by atoms with van der Waals surface area (Å²) >= 11 is 0. The van der Waals surface area contributed by atoms with E-state index in [1.165, 1.54) is 12.8 Å². The molecule has 1 atom stereocenters. The summed E-state index contributed by atoms with van der Waals surface area (Å²) in [7, 11) is 1.74. The third-order valence-corrected chi connectivity index (χ3v) is 5.08. The largest absolute Gasteiger partial charge is 0.492 e. The summed E-state index contributed by atoms with van der Waals surface area (Å²) in [6.07, 6.45) is 4.48. The zero-order chi connectivity index (χ0) is 16.4. The van der Waals surface area contributed by atoms with Crippen LogP contribution in [0.4, 0.5) is 0 Å². The Morgan fingerprint density at radius 1 is 1.29 bits per heavy atom. The lowest BCUT2D eigenvalue weighted by Crippen LogP contribution is -2.30. The monoisotopic (exact) mass is 329 g/mol. The van der Waals surface area contributed by atoms with Crippen molar-refractivity contribution >= 4 is 0 Å². The number of hydrogen-bond donors (Lipinski definition) is 1. The van der Waals surface area contributed by atoms with Gasteiger partial charge >= 0.3 is 0 Å². The maximum atomic E-state index is 5.79. The van der Waals surface area contributed by atoms with E-state index in [0.717, 1.165) is 36.5 Å². The number of nitrogens with zero attached hydrogens (tertiary/aromatic N) is 2. The predicted molar refractivity (Wildman–Crippen MR) is 88.1 cm³/mol. The molecule has 6 heteroatoms. The van der Waals surface area contributed by atoms with E-state index in [0.29, 0.717) is 19.1 Å². The highest BCUT2D eigenvalue weighted by Gasteiger charge is 2.41. The second-order valence-corrected chi connectivity index (χ2v) is 6.65. The summed E-state index contributed by atoms with van der Waals surface area (Å²) in [5.74, 6) is 2.26. The number of nitrogens with one attached hydrogen (secondary N) is 1. The average Bonchev–Trinajstić information content (AvgIpc) is 3.22. The lowest BCUT2D eigenvalue weighted by atomic mass is 9.86. The average molecular weight is 329 g/mol. The van der Waals surface area contributed by atoms with Crippen LogP contribution in [-0.4, -0.2) is 37.0 Å². The van der Waals surface area contributed by atoms with Crippen LogP contribution in [0.1, 0.15) is 49.0 Å². The van der Waals surface area contributed by atoms with Gasteiger partial charge in [0.1, 0.15) is 18.4 Å². The highest BCUT2D eigenvalue weighted by atomic mass is 16.5. The molecule has 0 saturated heterocycles. The molecule has 24 heavy (non-hydrogen) atoms. The van der Waals surface area contributed by atoms with Gasteiger partial charge in [0.15, 0.2) is 5.82 Å². The van der Waals surface area contributed by atoms with Crippen molar-refractivity contribution < 1.29 is 14.0 Å². The second kappa shape index (κ2) is 6.53. The maximum absolute atomic E-state index is 5.79. The van der Waals surface area contributed by atoms with Gasteiger partial charge in [0, 0.05) is 19.2 Å². The van der Waals surface area contributed by atoms with Crippen molar-refractivity contribution in [1.29, 1.82) is 0 Å². The fourth-order valence-corrected chi connectivity index (χ4v) is 3.87. The SMILES string of the molecule is COCC1(c2noc(C3NCCOc4ccccc43)n2)CCCC1. The third-order valence-electron chi connectivity index (χ3n) is 5.08. The van der Waals surface area contributed by atoms with E-state index in [2.05, 4.69) is 10.5 Å². The molecular formula is C18H23N3O3. The molecule has 2 aliphatic rings. The number of aromatic nitrogens is 2. The van der Waals surface area contributed by atoms with Crippen molar-refractivity contribution in [1.82, 2.24) is 15.5 Å². The van der Waals surface area contributed by atoms with E-state index in [9.17, 15) is 0 Å². The van der Waals surface area contributed by atoms with E-state index in [1.54, 1.807) is 7.11 Å². The molecule has 1 aliphatic heterocycles. The standard InChI is InChI=1S/C18H23N3O3/c1-22-12-18(8-4-5-9-18)17-20-16(24-21-17)15-13-6-2-3-7-14(13)23-11-10-19-15/h2-3,6-7,15,19H,4-5,8-12H2,1H3. The molecule has 2 heterocycles. The molecule has 0 spiro atoms. The van der Waals surface area contributed by atoms with Crippen molar-refractivity contribution in [3.63, 3.8) is 0 Å².